The van der Waals surface area contributed by atoms with Gasteiger partial charge in [-0.2, -0.15) is 5.26 Å². The molecular weight excluding hydrogens is 170 g/mol. The molecule has 1 aliphatic rings. The van der Waals surface area contributed by atoms with E-state index in [2.05, 4.69) is 12.3 Å². The molecule has 0 aromatic heterocycles. The van der Waals surface area contributed by atoms with Crippen LogP contribution in [0.25, 0.3) is 0 Å². The first-order chi connectivity index (χ1) is 5.88. The van der Waals surface area contributed by atoms with Crippen molar-refractivity contribution in [3.05, 3.63) is 0 Å². The predicted molar refractivity (Wildman–Crippen MR) is 50.9 cm³/mol. The van der Waals surface area contributed by atoms with Gasteiger partial charge in [-0.15, -0.1) is 0 Å². The Morgan fingerprint density at radius 2 is 2.50 bits per heavy atom. The lowest BCUT2D eigenvalue weighted by atomic mass is 10.0. The van der Waals surface area contributed by atoms with Crippen LogP contribution in [0.2, 0.25) is 0 Å². The van der Waals surface area contributed by atoms with Crippen molar-refractivity contribution in [2.24, 2.45) is 0 Å². The van der Waals surface area contributed by atoms with Crippen LogP contribution in [0.15, 0.2) is 0 Å². The van der Waals surface area contributed by atoms with Gasteiger partial charge in [-0.05, 0) is 37.4 Å². The molecule has 0 aromatic rings. The van der Waals surface area contributed by atoms with Crippen LogP contribution >= 0.6 is 11.8 Å². The van der Waals surface area contributed by atoms with Gasteiger partial charge in [0.15, 0.2) is 0 Å². The molecule has 3 heteroatoms. The van der Waals surface area contributed by atoms with Crippen LogP contribution in [0.1, 0.15) is 32.6 Å². The summed E-state index contributed by atoms with van der Waals surface area (Å²) in [4.78, 5) is 0. The van der Waals surface area contributed by atoms with E-state index in [0.29, 0.717) is 11.4 Å². The number of rotatable bonds is 3. The van der Waals surface area contributed by atoms with Crippen LogP contribution in [0.4, 0.5) is 0 Å². The van der Waals surface area contributed by atoms with Gasteiger partial charge in [0.25, 0.3) is 0 Å². The van der Waals surface area contributed by atoms with Crippen LogP contribution in [0, 0.1) is 10.7 Å². The van der Waals surface area contributed by atoms with Crippen molar-refractivity contribution in [3.8, 4) is 5.40 Å². The summed E-state index contributed by atoms with van der Waals surface area (Å²) >= 11 is 1.36. The highest BCUT2D eigenvalue weighted by Gasteiger charge is 2.23. The highest BCUT2D eigenvalue weighted by atomic mass is 32.2. The molecular formula is C9H15NOS. The molecule has 0 saturated carbocycles. The molecule has 0 aliphatic carbocycles. The van der Waals surface area contributed by atoms with Gasteiger partial charge in [0.1, 0.15) is 5.40 Å². The lowest BCUT2D eigenvalue weighted by Gasteiger charge is -2.27. The fourth-order valence-corrected chi connectivity index (χ4v) is 2.22. The zero-order valence-electron chi connectivity index (χ0n) is 7.45. The minimum Gasteiger partial charge on any atom is -0.377 e. The average Bonchev–Trinajstić information content (AvgIpc) is 2.15. The molecule has 1 fully saturated rings. The number of nitriles is 1. The second kappa shape index (κ2) is 5.45. The zero-order chi connectivity index (χ0) is 8.81. The van der Waals surface area contributed by atoms with Crippen LogP contribution in [0.5, 0.6) is 0 Å². The van der Waals surface area contributed by atoms with E-state index in [9.17, 15) is 0 Å². The van der Waals surface area contributed by atoms with Gasteiger partial charge in [-0.3, -0.25) is 0 Å². The Kier molecular flexibility index (Phi) is 4.49. The second-order valence-corrected chi connectivity index (χ2v) is 4.08. The van der Waals surface area contributed by atoms with E-state index in [-0.39, 0.29) is 0 Å². The topological polar surface area (TPSA) is 33.0 Å². The third kappa shape index (κ3) is 2.69. The van der Waals surface area contributed by atoms with Crippen LogP contribution < -0.4 is 0 Å². The van der Waals surface area contributed by atoms with E-state index in [1.165, 1.54) is 24.6 Å². The van der Waals surface area contributed by atoms with Crippen molar-refractivity contribution in [2.75, 3.05) is 6.61 Å². The first kappa shape index (κ1) is 9.88. The molecule has 68 valence electrons. The summed E-state index contributed by atoms with van der Waals surface area (Å²) in [5, 5.41) is 11.1. The normalized spacial score (nSPS) is 26.2. The summed E-state index contributed by atoms with van der Waals surface area (Å²) in [6.07, 6.45) is 4.93. The van der Waals surface area contributed by atoms with Gasteiger partial charge in [-0.1, -0.05) is 6.92 Å². The summed E-state index contributed by atoms with van der Waals surface area (Å²) in [5.41, 5.74) is 0. The zero-order valence-corrected chi connectivity index (χ0v) is 8.27. The number of nitrogens with zero attached hydrogens (tertiary/aromatic N) is 1. The fourth-order valence-electron chi connectivity index (χ4n) is 1.55. The van der Waals surface area contributed by atoms with Crippen molar-refractivity contribution in [1.29, 1.82) is 5.26 Å². The molecule has 0 N–H and O–H groups in total. The SMILES string of the molecule is CC[C@H](SC#N)[C@H]1CCCCO1. The first-order valence-electron chi connectivity index (χ1n) is 4.54. The molecule has 1 rings (SSSR count). The summed E-state index contributed by atoms with van der Waals surface area (Å²) < 4.78 is 5.61. The molecule has 2 nitrogen and oxygen atoms in total. The van der Waals surface area contributed by atoms with Crippen molar-refractivity contribution in [1.82, 2.24) is 0 Å². The van der Waals surface area contributed by atoms with Crippen molar-refractivity contribution < 1.29 is 4.74 Å². The van der Waals surface area contributed by atoms with Crippen molar-refractivity contribution >= 4 is 11.8 Å². The Morgan fingerprint density at radius 3 is 3.00 bits per heavy atom. The molecule has 1 heterocycles. The third-order valence-electron chi connectivity index (χ3n) is 2.24. The minimum absolute atomic E-state index is 0.327. The average molecular weight is 185 g/mol. The van der Waals surface area contributed by atoms with Gasteiger partial charge < -0.3 is 4.74 Å². The molecule has 0 unspecified atom stereocenters. The fraction of sp³-hybridized carbons (Fsp3) is 0.889. The largest absolute Gasteiger partial charge is 0.377 e. The van der Waals surface area contributed by atoms with E-state index in [0.717, 1.165) is 19.4 Å². The molecule has 0 aromatic carbocycles. The van der Waals surface area contributed by atoms with E-state index in [4.69, 9.17) is 10.00 Å². The lowest BCUT2D eigenvalue weighted by molar-refractivity contribution is 0.0149. The van der Waals surface area contributed by atoms with Gasteiger partial charge in [0.05, 0.1) is 6.10 Å². The monoisotopic (exact) mass is 185 g/mol. The Morgan fingerprint density at radius 1 is 1.67 bits per heavy atom. The van der Waals surface area contributed by atoms with Crippen LogP contribution in [-0.2, 0) is 4.74 Å². The first-order valence-corrected chi connectivity index (χ1v) is 5.42. The Hall–Kier alpha value is -0.200. The number of thiocyanates is 1. The second-order valence-electron chi connectivity index (χ2n) is 3.06. The summed E-state index contributed by atoms with van der Waals surface area (Å²) in [5.74, 6) is 0. The molecule has 1 aliphatic heterocycles. The van der Waals surface area contributed by atoms with E-state index in [1.807, 2.05) is 0 Å². The number of thioether (sulfide) groups is 1. The molecule has 1 saturated heterocycles. The van der Waals surface area contributed by atoms with Crippen LogP contribution in [-0.4, -0.2) is 18.0 Å². The van der Waals surface area contributed by atoms with E-state index >= 15 is 0 Å². The quantitative estimate of drug-likeness (QED) is 0.633. The minimum atomic E-state index is 0.327. The molecule has 12 heavy (non-hydrogen) atoms. The standard InChI is InChI=1S/C9H15NOS/c1-2-9(12-7-10)8-5-3-4-6-11-8/h8-9H,2-6H2,1H3/t8-,9+/m1/s1. The summed E-state index contributed by atoms with van der Waals surface area (Å²) in [6.45, 7) is 3.00. The highest BCUT2D eigenvalue weighted by molar-refractivity contribution is 8.04. The molecule has 2 atom stereocenters. The number of hydrogen-bond donors (Lipinski definition) is 0. The maximum Gasteiger partial charge on any atom is 0.133 e. The summed E-state index contributed by atoms with van der Waals surface area (Å²) in [7, 11) is 0. The van der Waals surface area contributed by atoms with Gasteiger partial charge in [0.2, 0.25) is 0 Å². The maximum atomic E-state index is 8.56. The summed E-state index contributed by atoms with van der Waals surface area (Å²) in [6, 6.07) is 0. The Bertz CT molecular complexity index is 160. The van der Waals surface area contributed by atoms with Gasteiger partial charge in [0, 0.05) is 11.9 Å². The van der Waals surface area contributed by atoms with Gasteiger partial charge in [-0.25, -0.2) is 0 Å². The molecule has 0 spiro atoms. The Labute approximate surface area is 78.3 Å². The van der Waals surface area contributed by atoms with Crippen LogP contribution in [0.3, 0.4) is 0 Å². The van der Waals surface area contributed by atoms with E-state index < -0.39 is 0 Å². The Balaban J connectivity index is 2.36. The number of ether oxygens (including phenoxy) is 1. The van der Waals surface area contributed by atoms with Crippen molar-refractivity contribution in [3.63, 3.8) is 0 Å². The third-order valence-corrected chi connectivity index (χ3v) is 3.28. The lowest BCUT2D eigenvalue weighted by Crippen LogP contribution is -2.29. The number of hydrogen-bond acceptors (Lipinski definition) is 3. The van der Waals surface area contributed by atoms with Gasteiger partial charge >= 0.3 is 0 Å². The highest BCUT2D eigenvalue weighted by Crippen LogP contribution is 2.25. The molecule has 0 bridgehead atoms. The smallest absolute Gasteiger partial charge is 0.133 e. The molecule has 0 radical (unpaired) electrons. The maximum absolute atomic E-state index is 8.56. The van der Waals surface area contributed by atoms with Crippen molar-refractivity contribution in [2.45, 2.75) is 44.0 Å². The van der Waals surface area contributed by atoms with E-state index in [1.54, 1.807) is 0 Å². The predicted octanol–water partition coefficient (Wildman–Crippen LogP) is 2.55. The molecule has 0 amide bonds.